The number of anilines is 1. The van der Waals surface area contributed by atoms with Crippen LogP contribution in [0.2, 0.25) is 0 Å². The van der Waals surface area contributed by atoms with E-state index >= 15 is 0 Å². The third-order valence-corrected chi connectivity index (χ3v) is 5.95. The third-order valence-electron chi connectivity index (χ3n) is 5.95. The van der Waals surface area contributed by atoms with Crippen molar-refractivity contribution in [1.82, 2.24) is 0 Å². The zero-order valence-corrected chi connectivity index (χ0v) is 19.5. The zero-order chi connectivity index (χ0) is 24.5. The molecule has 5 aromatic rings. The van der Waals surface area contributed by atoms with E-state index in [0.717, 1.165) is 12.0 Å². The minimum absolute atomic E-state index is 0.249. The predicted octanol–water partition coefficient (Wildman–Crippen LogP) is 6.04. The molecule has 0 spiro atoms. The predicted molar refractivity (Wildman–Crippen MR) is 135 cm³/mol. The van der Waals surface area contributed by atoms with Gasteiger partial charge in [0.05, 0.1) is 19.9 Å². The molecule has 0 bridgehead atoms. The van der Waals surface area contributed by atoms with Gasteiger partial charge in [-0.2, -0.15) is 0 Å². The molecule has 0 unspecified atom stereocenters. The van der Waals surface area contributed by atoms with Crippen molar-refractivity contribution in [2.75, 3.05) is 19.5 Å². The second-order valence-corrected chi connectivity index (χ2v) is 7.96. The molecule has 0 fully saturated rings. The summed E-state index contributed by atoms with van der Waals surface area (Å²) in [6.45, 7) is 2.05. The summed E-state index contributed by atoms with van der Waals surface area (Å²) in [5.41, 5.74) is 2.79. The molecule has 3 aromatic carbocycles. The number of hydrogen-bond donors (Lipinski definition) is 1. The van der Waals surface area contributed by atoms with Crippen LogP contribution in [-0.2, 0) is 6.42 Å². The topological polar surface area (TPSA) is 90.9 Å². The van der Waals surface area contributed by atoms with E-state index in [-0.39, 0.29) is 5.56 Å². The first-order chi connectivity index (χ1) is 17.0. The molecule has 0 saturated heterocycles. The molecule has 1 amide bonds. The van der Waals surface area contributed by atoms with Crippen LogP contribution in [0, 0.1) is 0 Å². The first-order valence-electron chi connectivity index (χ1n) is 11.1. The molecule has 176 valence electrons. The molecule has 7 nitrogen and oxygen atoms in total. The number of hydrogen-bond acceptors (Lipinski definition) is 6. The quantitative estimate of drug-likeness (QED) is 0.305. The summed E-state index contributed by atoms with van der Waals surface area (Å²) < 4.78 is 22.5. The van der Waals surface area contributed by atoms with Crippen molar-refractivity contribution >= 4 is 33.5 Å². The normalized spacial score (nSPS) is 11.1. The fourth-order valence-corrected chi connectivity index (χ4v) is 4.23. The second kappa shape index (κ2) is 9.02. The molecule has 0 saturated carbocycles. The van der Waals surface area contributed by atoms with E-state index in [2.05, 4.69) is 5.32 Å². The van der Waals surface area contributed by atoms with Gasteiger partial charge in [0.25, 0.3) is 5.91 Å². The fraction of sp³-hybridized carbons (Fsp3) is 0.143. The Morgan fingerprint density at radius 3 is 2.29 bits per heavy atom. The Morgan fingerprint density at radius 1 is 0.857 bits per heavy atom. The Kier molecular flexibility index (Phi) is 5.74. The summed E-state index contributed by atoms with van der Waals surface area (Å²) in [5.74, 6) is 0.664. The van der Waals surface area contributed by atoms with Crippen LogP contribution in [0.4, 0.5) is 5.69 Å². The van der Waals surface area contributed by atoms with Crippen molar-refractivity contribution in [1.29, 1.82) is 0 Å². The number of fused-ring (bicyclic) bond motifs is 2. The van der Waals surface area contributed by atoms with Gasteiger partial charge in [-0.15, -0.1) is 0 Å². The number of benzene rings is 3. The molecule has 0 aliphatic rings. The van der Waals surface area contributed by atoms with Crippen molar-refractivity contribution in [3.05, 3.63) is 88.3 Å². The molecule has 0 aliphatic heterocycles. The molecule has 35 heavy (non-hydrogen) atoms. The number of ether oxygens (including phenoxy) is 2. The van der Waals surface area contributed by atoms with E-state index in [4.69, 9.17) is 18.3 Å². The molecular weight excluding hydrogens is 446 g/mol. The lowest BCUT2D eigenvalue weighted by atomic mass is 10.0. The van der Waals surface area contributed by atoms with Crippen molar-refractivity contribution in [3.8, 4) is 22.8 Å². The lowest BCUT2D eigenvalue weighted by molar-refractivity contribution is 0.102. The summed E-state index contributed by atoms with van der Waals surface area (Å²) in [4.78, 5) is 26.0. The van der Waals surface area contributed by atoms with Gasteiger partial charge in [0.1, 0.15) is 28.2 Å². The van der Waals surface area contributed by atoms with Crippen LogP contribution < -0.4 is 20.4 Å². The lowest BCUT2D eigenvalue weighted by Crippen LogP contribution is -2.15. The van der Waals surface area contributed by atoms with E-state index in [1.165, 1.54) is 20.3 Å². The van der Waals surface area contributed by atoms with Gasteiger partial charge >= 0.3 is 5.63 Å². The van der Waals surface area contributed by atoms with Crippen LogP contribution in [0.1, 0.15) is 22.8 Å². The maximum Gasteiger partial charge on any atom is 0.336 e. The van der Waals surface area contributed by atoms with Crippen LogP contribution in [0.3, 0.4) is 0 Å². The number of furan rings is 1. The summed E-state index contributed by atoms with van der Waals surface area (Å²) in [6.07, 6.45) is 0.811. The maximum atomic E-state index is 13.5. The van der Waals surface area contributed by atoms with Gasteiger partial charge in [-0.05, 0) is 48.4 Å². The summed E-state index contributed by atoms with van der Waals surface area (Å²) in [5, 5.41) is 4.39. The molecule has 2 aromatic heterocycles. The highest BCUT2D eigenvalue weighted by Gasteiger charge is 2.24. The molecule has 2 heterocycles. The summed E-state index contributed by atoms with van der Waals surface area (Å²) in [6, 6.07) is 19.5. The maximum absolute atomic E-state index is 13.5. The smallest absolute Gasteiger partial charge is 0.336 e. The summed E-state index contributed by atoms with van der Waals surface area (Å²) >= 11 is 0. The van der Waals surface area contributed by atoms with Gasteiger partial charge in [0.2, 0.25) is 0 Å². The Bertz CT molecular complexity index is 1610. The van der Waals surface area contributed by atoms with E-state index in [1.54, 1.807) is 24.3 Å². The van der Waals surface area contributed by atoms with E-state index in [1.807, 2.05) is 43.3 Å². The second-order valence-electron chi connectivity index (χ2n) is 7.96. The van der Waals surface area contributed by atoms with E-state index in [0.29, 0.717) is 50.4 Å². The van der Waals surface area contributed by atoms with Crippen LogP contribution in [0.15, 0.2) is 80.4 Å². The van der Waals surface area contributed by atoms with Gasteiger partial charge in [0, 0.05) is 22.4 Å². The number of para-hydroxylation sites is 1. The summed E-state index contributed by atoms with van der Waals surface area (Å²) in [7, 11) is 2.98. The van der Waals surface area contributed by atoms with Crippen LogP contribution >= 0.6 is 0 Å². The van der Waals surface area contributed by atoms with E-state index in [9.17, 15) is 9.59 Å². The number of amides is 1. The highest BCUT2D eigenvalue weighted by Crippen LogP contribution is 2.41. The van der Waals surface area contributed by atoms with Crippen LogP contribution in [0.5, 0.6) is 11.5 Å². The Balaban J connectivity index is 1.74. The average Bonchev–Trinajstić information content (AvgIpc) is 3.25. The molecule has 7 heteroatoms. The minimum Gasteiger partial charge on any atom is -0.496 e. The first kappa shape index (κ1) is 22.3. The van der Waals surface area contributed by atoms with Gasteiger partial charge in [0.15, 0.2) is 5.76 Å². The van der Waals surface area contributed by atoms with Gasteiger partial charge in [-0.25, -0.2) is 4.79 Å². The number of carbonyl (C=O) groups is 1. The Labute approximate surface area is 200 Å². The molecule has 0 atom stereocenters. The average molecular weight is 469 g/mol. The van der Waals surface area contributed by atoms with Gasteiger partial charge in [-0.3, -0.25) is 4.79 Å². The van der Waals surface area contributed by atoms with Crippen molar-refractivity contribution in [3.63, 3.8) is 0 Å². The number of nitrogens with one attached hydrogen (secondary N) is 1. The molecule has 1 N–H and O–H groups in total. The number of methoxy groups -OCH3 is 2. The standard InChI is InChI=1S/C28H23NO6/c1-4-16-12-13-21-18(14-16)19(15-24(30)34-21)27-26(17-8-5-6-9-20(17)35-27)29-28(31)25-22(32-2)10-7-11-23(25)33-3/h5-15H,4H2,1-3H3,(H,29,31). The molecule has 5 rings (SSSR count). The third kappa shape index (κ3) is 3.91. The Hall–Kier alpha value is -4.52. The largest absolute Gasteiger partial charge is 0.496 e. The highest BCUT2D eigenvalue weighted by molar-refractivity contribution is 6.15. The van der Waals surface area contributed by atoms with E-state index < -0.39 is 11.5 Å². The van der Waals surface area contributed by atoms with Crippen molar-refractivity contribution in [2.45, 2.75) is 13.3 Å². The molecule has 0 radical (unpaired) electrons. The SMILES string of the molecule is CCc1ccc2oc(=O)cc(-c3oc4ccccc4c3NC(=O)c3c(OC)cccc3OC)c2c1. The van der Waals surface area contributed by atoms with Gasteiger partial charge < -0.3 is 23.6 Å². The minimum atomic E-state index is -0.513. The van der Waals surface area contributed by atoms with Gasteiger partial charge in [-0.1, -0.05) is 31.2 Å². The van der Waals surface area contributed by atoms with Crippen molar-refractivity contribution in [2.24, 2.45) is 0 Å². The fourth-order valence-electron chi connectivity index (χ4n) is 4.23. The molecular formula is C28H23NO6. The van der Waals surface area contributed by atoms with Crippen molar-refractivity contribution < 1.29 is 23.1 Å². The zero-order valence-electron chi connectivity index (χ0n) is 19.5. The number of aryl methyl sites for hydroxylation is 1. The lowest BCUT2D eigenvalue weighted by Gasteiger charge is -2.13. The first-order valence-corrected chi connectivity index (χ1v) is 11.1. The van der Waals surface area contributed by atoms with Crippen LogP contribution in [-0.4, -0.2) is 20.1 Å². The Morgan fingerprint density at radius 2 is 1.57 bits per heavy atom. The number of carbonyl (C=O) groups excluding carboxylic acids is 1. The number of rotatable bonds is 6. The highest BCUT2D eigenvalue weighted by atomic mass is 16.5. The monoisotopic (exact) mass is 469 g/mol. The molecule has 0 aliphatic carbocycles. The van der Waals surface area contributed by atoms with Crippen LogP contribution in [0.25, 0.3) is 33.3 Å².